The first-order valence-corrected chi connectivity index (χ1v) is 9.17. The highest BCUT2D eigenvalue weighted by atomic mass is 16.7. The van der Waals surface area contributed by atoms with E-state index in [0.717, 1.165) is 70.3 Å². The largest absolute Gasteiger partial charge is 0.354 e. The van der Waals surface area contributed by atoms with Crippen molar-refractivity contribution in [2.75, 3.05) is 50.8 Å². The number of fused-ring (bicyclic) bond motifs is 1. The summed E-state index contributed by atoms with van der Waals surface area (Å²) < 4.78 is 13.3. The molecule has 2 fully saturated rings. The quantitative estimate of drug-likeness (QED) is 0.803. The standard InChI is InChI=1S/C17H26N6O2/c1-14-12-15(23-17(20-14)18-13-19-23)22-7-5-21(6-8-22)9-11-25-16-4-2-3-10-24-16/h12-13,16H,2-11H2,1H3. The molecule has 0 radical (unpaired) electrons. The number of rotatable bonds is 5. The van der Waals surface area contributed by atoms with Gasteiger partial charge < -0.3 is 14.4 Å². The van der Waals surface area contributed by atoms with Gasteiger partial charge in [-0.25, -0.2) is 4.98 Å². The summed E-state index contributed by atoms with van der Waals surface area (Å²) in [5, 5.41) is 4.31. The summed E-state index contributed by atoms with van der Waals surface area (Å²) in [7, 11) is 0. The molecule has 1 atom stereocenters. The van der Waals surface area contributed by atoms with Crippen molar-refractivity contribution in [3.8, 4) is 0 Å². The van der Waals surface area contributed by atoms with Crippen molar-refractivity contribution < 1.29 is 9.47 Å². The third-order valence-electron chi connectivity index (χ3n) is 4.91. The molecule has 25 heavy (non-hydrogen) atoms. The maximum absolute atomic E-state index is 5.85. The average Bonchev–Trinajstić information content (AvgIpc) is 3.11. The lowest BCUT2D eigenvalue weighted by Crippen LogP contribution is -2.48. The number of anilines is 1. The van der Waals surface area contributed by atoms with Gasteiger partial charge in [-0.15, -0.1) is 0 Å². The van der Waals surface area contributed by atoms with Gasteiger partial charge in [-0.3, -0.25) is 4.90 Å². The molecule has 1 unspecified atom stereocenters. The van der Waals surface area contributed by atoms with Crippen LogP contribution in [0.2, 0.25) is 0 Å². The lowest BCUT2D eigenvalue weighted by Gasteiger charge is -2.36. The Labute approximate surface area is 147 Å². The van der Waals surface area contributed by atoms with Gasteiger partial charge in [0, 0.05) is 51.1 Å². The van der Waals surface area contributed by atoms with Crippen molar-refractivity contribution in [1.82, 2.24) is 24.5 Å². The van der Waals surface area contributed by atoms with Gasteiger partial charge in [0.05, 0.1) is 6.61 Å². The van der Waals surface area contributed by atoms with Gasteiger partial charge >= 0.3 is 0 Å². The van der Waals surface area contributed by atoms with Crippen LogP contribution in [0, 0.1) is 6.92 Å². The Morgan fingerprint density at radius 1 is 1.24 bits per heavy atom. The molecule has 4 heterocycles. The highest BCUT2D eigenvalue weighted by molar-refractivity contribution is 5.47. The normalized spacial score (nSPS) is 22.6. The summed E-state index contributed by atoms with van der Waals surface area (Å²) in [5.41, 5.74) is 0.971. The van der Waals surface area contributed by atoms with Crippen LogP contribution >= 0.6 is 0 Å². The van der Waals surface area contributed by atoms with Gasteiger partial charge in [0.15, 0.2) is 6.29 Å². The first-order valence-electron chi connectivity index (χ1n) is 9.17. The van der Waals surface area contributed by atoms with Gasteiger partial charge in [0.2, 0.25) is 0 Å². The van der Waals surface area contributed by atoms with Crippen LogP contribution < -0.4 is 4.90 Å². The summed E-state index contributed by atoms with van der Waals surface area (Å²) >= 11 is 0. The molecule has 0 N–H and O–H groups in total. The molecule has 8 heteroatoms. The first kappa shape index (κ1) is 16.7. The number of hydrogen-bond donors (Lipinski definition) is 0. The number of piperazine rings is 1. The van der Waals surface area contributed by atoms with Crippen LogP contribution in [0.25, 0.3) is 5.78 Å². The zero-order valence-electron chi connectivity index (χ0n) is 14.8. The van der Waals surface area contributed by atoms with E-state index in [0.29, 0.717) is 5.78 Å². The molecule has 2 aliphatic heterocycles. The topological polar surface area (TPSA) is 68.0 Å². The molecule has 2 saturated heterocycles. The minimum Gasteiger partial charge on any atom is -0.354 e. The van der Waals surface area contributed by atoms with Crippen LogP contribution in [0.3, 0.4) is 0 Å². The minimum absolute atomic E-state index is 0.00966. The Hall–Kier alpha value is -1.77. The van der Waals surface area contributed by atoms with Gasteiger partial charge in [-0.2, -0.15) is 14.6 Å². The number of aromatic nitrogens is 4. The summed E-state index contributed by atoms with van der Waals surface area (Å²) in [6, 6.07) is 2.08. The molecule has 0 saturated carbocycles. The Morgan fingerprint density at radius 3 is 2.92 bits per heavy atom. The van der Waals surface area contributed by atoms with E-state index in [4.69, 9.17) is 9.47 Å². The van der Waals surface area contributed by atoms with Gasteiger partial charge in [-0.1, -0.05) is 0 Å². The maximum Gasteiger partial charge on any atom is 0.254 e. The fourth-order valence-electron chi connectivity index (χ4n) is 3.49. The summed E-state index contributed by atoms with van der Waals surface area (Å²) in [5.74, 6) is 1.74. The van der Waals surface area contributed by atoms with Crippen LogP contribution in [0.4, 0.5) is 5.82 Å². The van der Waals surface area contributed by atoms with Crippen molar-refractivity contribution in [3.63, 3.8) is 0 Å². The Bertz CT molecular complexity index is 692. The third kappa shape index (κ3) is 3.91. The predicted molar refractivity (Wildman–Crippen MR) is 93.7 cm³/mol. The molecule has 2 aromatic heterocycles. The van der Waals surface area contributed by atoms with Crippen molar-refractivity contribution in [1.29, 1.82) is 0 Å². The van der Waals surface area contributed by atoms with E-state index >= 15 is 0 Å². The van der Waals surface area contributed by atoms with E-state index in [1.807, 2.05) is 11.4 Å². The fourth-order valence-corrected chi connectivity index (χ4v) is 3.49. The third-order valence-corrected chi connectivity index (χ3v) is 4.91. The highest BCUT2D eigenvalue weighted by Crippen LogP contribution is 2.18. The second-order valence-electron chi connectivity index (χ2n) is 6.72. The second-order valence-corrected chi connectivity index (χ2v) is 6.72. The zero-order valence-corrected chi connectivity index (χ0v) is 14.8. The van der Waals surface area contributed by atoms with E-state index in [1.165, 1.54) is 6.42 Å². The van der Waals surface area contributed by atoms with Crippen LogP contribution in [0.5, 0.6) is 0 Å². The van der Waals surface area contributed by atoms with Crippen molar-refractivity contribution in [2.45, 2.75) is 32.5 Å². The molecule has 4 rings (SSSR count). The monoisotopic (exact) mass is 346 g/mol. The molecular weight excluding hydrogens is 320 g/mol. The molecule has 0 amide bonds. The maximum atomic E-state index is 5.85. The van der Waals surface area contributed by atoms with Crippen molar-refractivity contribution in [3.05, 3.63) is 18.1 Å². The SMILES string of the molecule is Cc1cc(N2CCN(CCOC3CCCCO3)CC2)n2ncnc2n1. The Balaban J connectivity index is 1.28. The van der Waals surface area contributed by atoms with Crippen molar-refractivity contribution >= 4 is 11.6 Å². The van der Waals surface area contributed by atoms with Crippen LogP contribution in [0.1, 0.15) is 25.0 Å². The molecule has 0 bridgehead atoms. The molecule has 0 spiro atoms. The molecule has 136 valence electrons. The van der Waals surface area contributed by atoms with Gasteiger partial charge in [0.1, 0.15) is 12.1 Å². The fraction of sp³-hybridized carbons (Fsp3) is 0.706. The number of nitrogens with zero attached hydrogens (tertiary/aromatic N) is 6. The number of hydrogen-bond acceptors (Lipinski definition) is 7. The zero-order chi connectivity index (χ0) is 17.1. The minimum atomic E-state index is 0.00966. The Morgan fingerprint density at radius 2 is 2.12 bits per heavy atom. The van der Waals surface area contributed by atoms with E-state index in [-0.39, 0.29) is 6.29 Å². The van der Waals surface area contributed by atoms with Crippen LogP contribution in [-0.2, 0) is 9.47 Å². The molecule has 2 aromatic rings. The van der Waals surface area contributed by atoms with Crippen LogP contribution in [-0.4, -0.2) is 76.7 Å². The van der Waals surface area contributed by atoms with E-state index in [2.05, 4.69) is 30.9 Å². The Kier molecular flexibility index (Phi) is 5.09. The van der Waals surface area contributed by atoms with E-state index in [1.54, 1.807) is 6.33 Å². The molecule has 8 nitrogen and oxygen atoms in total. The highest BCUT2D eigenvalue weighted by Gasteiger charge is 2.21. The lowest BCUT2D eigenvalue weighted by molar-refractivity contribution is -0.164. The van der Waals surface area contributed by atoms with Gasteiger partial charge in [0.25, 0.3) is 5.78 Å². The number of aryl methyl sites for hydroxylation is 1. The van der Waals surface area contributed by atoms with E-state index in [9.17, 15) is 0 Å². The van der Waals surface area contributed by atoms with E-state index < -0.39 is 0 Å². The summed E-state index contributed by atoms with van der Waals surface area (Å²) in [6.45, 7) is 8.52. The number of ether oxygens (including phenoxy) is 2. The van der Waals surface area contributed by atoms with Crippen molar-refractivity contribution in [2.24, 2.45) is 0 Å². The molecule has 0 aliphatic carbocycles. The van der Waals surface area contributed by atoms with Crippen LogP contribution in [0.15, 0.2) is 12.4 Å². The average molecular weight is 346 g/mol. The summed E-state index contributed by atoms with van der Waals surface area (Å²) in [4.78, 5) is 13.4. The molecular formula is C17H26N6O2. The summed E-state index contributed by atoms with van der Waals surface area (Å²) in [6.07, 6.45) is 4.98. The predicted octanol–water partition coefficient (Wildman–Crippen LogP) is 1.10. The molecule has 2 aliphatic rings. The smallest absolute Gasteiger partial charge is 0.254 e. The second kappa shape index (κ2) is 7.63. The first-order chi connectivity index (χ1) is 12.3. The molecule has 0 aromatic carbocycles. The lowest BCUT2D eigenvalue weighted by atomic mass is 10.2. The van der Waals surface area contributed by atoms with Gasteiger partial charge in [-0.05, 0) is 26.2 Å².